The Hall–Kier alpha value is -1.13. The van der Waals surface area contributed by atoms with Gasteiger partial charge >= 0.3 is 0 Å². The molecule has 86 valence electrons. The number of aromatic nitrogens is 2. The molecule has 0 aliphatic heterocycles. The minimum atomic E-state index is 0.635. The Bertz CT molecular complexity index is 445. The zero-order chi connectivity index (χ0) is 11.4. The van der Waals surface area contributed by atoms with Crippen molar-refractivity contribution >= 4 is 11.3 Å². The molecule has 0 saturated carbocycles. The van der Waals surface area contributed by atoms with Crippen LogP contribution in [0.4, 0.5) is 0 Å². The molecule has 2 aromatic rings. The highest BCUT2D eigenvalue weighted by molar-refractivity contribution is 7.11. The molecule has 0 fully saturated rings. The van der Waals surface area contributed by atoms with Crippen molar-refractivity contribution in [3.8, 4) is 0 Å². The van der Waals surface area contributed by atoms with Crippen LogP contribution in [0, 0.1) is 0 Å². The predicted molar refractivity (Wildman–Crippen MR) is 67.5 cm³/mol. The Balaban J connectivity index is 2.10. The van der Waals surface area contributed by atoms with Gasteiger partial charge in [0, 0.05) is 35.1 Å². The summed E-state index contributed by atoms with van der Waals surface area (Å²) in [7, 11) is 0. The standard InChI is InChI=1S/C12H17N3S/c1-2-3-12-14-6-7-15(12)9-11-5-4-10(8-13)16-11/h4-7H,2-3,8-9,13H2,1H3. The molecule has 2 rings (SSSR count). The van der Waals surface area contributed by atoms with Crippen LogP contribution in [0.5, 0.6) is 0 Å². The van der Waals surface area contributed by atoms with Gasteiger partial charge < -0.3 is 10.3 Å². The molecule has 0 spiro atoms. The average Bonchev–Trinajstić information content (AvgIpc) is 2.90. The number of rotatable bonds is 5. The molecule has 16 heavy (non-hydrogen) atoms. The fraction of sp³-hybridized carbons (Fsp3) is 0.417. The van der Waals surface area contributed by atoms with E-state index < -0.39 is 0 Å². The molecule has 2 N–H and O–H groups in total. The summed E-state index contributed by atoms with van der Waals surface area (Å²) in [6.45, 7) is 3.73. The summed E-state index contributed by atoms with van der Waals surface area (Å²) in [4.78, 5) is 6.96. The van der Waals surface area contributed by atoms with Crippen molar-refractivity contribution < 1.29 is 0 Å². The van der Waals surface area contributed by atoms with Gasteiger partial charge in [-0.15, -0.1) is 11.3 Å². The van der Waals surface area contributed by atoms with E-state index in [1.54, 1.807) is 11.3 Å². The van der Waals surface area contributed by atoms with E-state index in [1.807, 2.05) is 12.4 Å². The monoisotopic (exact) mass is 235 g/mol. The molecule has 0 atom stereocenters. The summed E-state index contributed by atoms with van der Waals surface area (Å²) < 4.78 is 2.22. The second-order valence-electron chi connectivity index (χ2n) is 3.79. The summed E-state index contributed by atoms with van der Waals surface area (Å²) in [6, 6.07) is 4.26. The average molecular weight is 235 g/mol. The van der Waals surface area contributed by atoms with Crippen molar-refractivity contribution in [2.75, 3.05) is 0 Å². The molecule has 2 aromatic heterocycles. The van der Waals surface area contributed by atoms with Gasteiger partial charge in [0.2, 0.25) is 0 Å². The van der Waals surface area contributed by atoms with Crippen molar-refractivity contribution in [2.45, 2.75) is 32.9 Å². The van der Waals surface area contributed by atoms with E-state index in [2.05, 4.69) is 28.6 Å². The van der Waals surface area contributed by atoms with E-state index in [0.717, 1.165) is 19.4 Å². The lowest BCUT2D eigenvalue weighted by atomic mass is 10.3. The number of aryl methyl sites for hydroxylation is 1. The summed E-state index contributed by atoms with van der Waals surface area (Å²) in [6.07, 6.45) is 6.10. The van der Waals surface area contributed by atoms with Gasteiger partial charge in [-0.05, 0) is 18.6 Å². The Morgan fingerprint density at radius 1 is 1.38 bits per heavy atom. The highest BCUT2D eigenvalue weighted by atomic mass is 32.1. The zero-order valence-corrected chi connectivity index (χ0v) is 10.3. The molecule has 0 aromatic carbocycles. The summed E-state index contributed by atoms with van der Waals surface area (Å²) in [5.74, 6) is 1.17. The first kappa shape index (κ1) is 11.4. The van der Waals surface area contributed by atoms with Crippen LogP contribution in [0.2, 0.25) is 0 Å². The number of nitrogens with zero attached hydrogens (tertiary/aromatic N) is 2. The third-order valence-electron chi connectivity index (χ3n) is 2.52. The van der Waals surface area contributed by atoms with Crippen molar-refractivity contribution in [1.29, 1.82) is 0 Å². The minimum absolute atomic E-state index is 0.635. The van der Waals surface area contributed by atoms with Crippen LogP contribution in [-0.2, 0) is 19.5 Å². The van der Waals surface area contributed by atoms with Gasteiger partial charge in [0.15, 0.2) is 0 Å². The second kappa shape index (κ2) is 5.27. The summed E-state index contributed by atoms with van der Waals surface area (Å²) >= 11 is 1.78. The van der Waals surface area contributed by atoms with Crippen LogP contribution in [0.1, 0.15) is 28.9 Å². The van der Waals surface area contributed by atoms with Crippen LogP contribution < -0.4 is 5.73 Å². The normalized spacial score (nSPS) is 10.9. The number of nitrogens with two attached hydrogens (primary N) is 1. The lowest BCUT2D eigenvalue weighted by Gasteiger charge is -2.04. The molecule has 0 radical (unpaired) electrons. The third kappa shape index (κ3) is 2.51. The maximum Gasteiger partial charge on any atom is 0.108 e. The van der Waals surface area contributed by atoms with Crippen LogP contribution >= 0.6 is 11.3 Å². The molecule has 0 unspecified atom stereocenters. The largest absolute Gasteiger partial charge is 0.330 e. The molecule has 0 aliphatic rings. The lowest BCUT2D eigenvalue weighted by Crippen LogP contribution is -2.02. The molecule has 4 heteroatoms. The van der Waals surface area contributed by atoms with E-state index in [0.29, 0.717) is 6.54 Å². The fourth-order valence-corrected chi connectivity index (χ4v) is 2.62. The van der Waals surface area contributed by atoms with Gasteiger partial charge in [0.25, 0.3) is 0 Å². The number of thiophene rings is 1. The molecular weight excluding hydrogens is 218 g/mol. The summed E-state index contributed by atoms with van der Waals surface area (Å²) in [5, 5.41) is 0. The van der Waals surface area contributed by atoms with Crippen molar-refractivity contribution in [3.05, 3.63) is 40.1 Å². The first-order chi connectivity index (χ1) is 7.83. The predicted octanol–water partition coefficient (Wildman–Crippen LogP) is 2.40. The van der Waals surface area contributed by atoms with Gasteiger partial charge in [0.1, 0.15) is 5.82 Å². The topological polar surface area (TPSA) is 43.8 Å². The van der Waals surface area contributed by atoms with E-state index in [4.69, 9.17) is 5.73 Å². The molecule has 2 heterocycles. The van der Waals surface area contributed by atoms with Crippen molar-refractivity contribution in [3.63, 3.8) is 0 Å². The maximum atomic E-state index is 5.61. The first-order valence-corrected chi connectivity index (χ1v) is 6.42. The molecule has 0 amide bonds. The number of hydrogen-bond donors (Lipinski definition) is 1. The number of imidazole rings is 1. The lowest BCUT2D eigenvalue weighted by molar-refractivity contribution is 0.711. The molecule has 3 nitrogen and oxygen atoms in total. The maximum absolute atomic E-state index is 5.61. The van der Waals surface area contributed by atoms with E-state index in [9.17, 15) is 0 Å². The van der Waals surface area contributed by atoms with E-state index >= 15 is 0 Å². The third-order valence-corrected chi connectivity index (χ3v) is 3.61. The number of hydrogen-bond acceptors (Lipinski definition) is 3. The van der Waals surface area contributed by atoms with Crippen molar-refractivity contribution in [1.82, 2.24) is 9.55 Å². The Morgan fingerprint density at radius 2 is 2.19 bits per heavy atom. The Labute approximate surface area is 99.9 Å². The van der Waals surface area contributed by atoms with Gasteiger partial charge in [-0.25, -0.2) is 4.98 Å². The molecular formula is C12H17N3S. The SMILES string of the molecule is CCCc1nccn1Cc1ccc(CN)s1. The van der Waals surface area contributed by atoms with Crippen molar-refractivity contribution in [2.24, 2.45) is 5.73 Å². The smallest absolute Gasteiger partial charge is 0.108 e. The van der Waals surface area contributed by atoms with Gasteiger partial charge in [-0.2, -0.15) is 0 Å². The zero-order valence-electron chi connectivity index (χ0n) is 9.52. The van der Waals surface area contributed by atoms with Crippen LogP contribution in [0.25, 0.3) is 0 Å². The molecule has 0 bridgehead atoms. The molecule has 0 aliphatic carbocycles. The quantitative estimate of drug-likeness (QED) is 0.865. The highest BCUT2D eigenvalue weighted by Crippen LogP contribution is 2.17. The minimum Gasteiger partial charge on any atom is -0.330 e. The molecule has 0 saturated heterocycles. The Morgan fingerprint density at radius 3 is 2.88 bits per heavy atom. The first-order valence-electron chi connectivity index (χ1n) is 5.61. The van der Waals surface area contributed by atoms with Gasteiger partial charge in [-0.1, -0.05) is 6.92 Å². The van der Waals surface area contributed by atoms with Crippen LogP contribution in [0.15, 0.2) is 24.5 Å². The van der Waals surface area contributed by atoms with Crippen LogP contribution in [0.3, 0.4) is 0 Å². The van der Waals surface area contributed by atoms with E-state index in [1.165, 1.54) is 15.6 Å². The van der Waals surface area contributed by atoms with E-state index in [-0.39, 0.29) is 0 Å². The Kier molecular flexibility index (Phi) is 3.74. The van der Waals surface area contributed by atoms with Crippen LogP contribution in [-0.4, -0.2) is 9.55 Å². The fourth-order valence-electron chi connectivity index (χ4n) is 1.72. The second-order valence-corrected chi connectivity index (χ2v) is 5.05. The summed E-state index contributed by atoms with van der Waals surface area (Å²) in [5.41, 5.74) is 5.61. The highest BCUT2D eigenvalue weighted by Gasteiger charge is 2.04. The van der Waals surface area contributed by atoms with Gasteiger partial charge in [0.05, 0.1) is 6.54 Å². The van der Waals surface area contributed by atoms with Gasteiger partial charge in [-0.3, -0.25) is 0 Å².